The number of hydrogen-bond acceptors (Lipinski definition) is 2. The smallest absolute Gasteiger partial charge is 0.307 e. The van der Waals surface area contributed by atoms with E-state index in [1.165, 1.54) is 0 Å². The van der Waals surface area contributed by atoms with Gasteiger partial charge in [0.2, 0.25) is 0 Å². The lowest BCUT2D eigenvalue weighted by atomic mass is 10.2. The molecule has 0 aromatic heterocycles. The molecule has 0 aliphatic rings. The summed E-state index contributed by atoms with van der Waals surface area (Å²) >= 11 is 13.7. The molecule has 0 aliphatic heterocycles. The predicted molar refractivity (Wildman–Crippen MR) is 83.8 cm³/mol. The first-order chi connectivity index (χ1) is 9.56. The molecule has 0 amide bonds. The van der Waals surface area contributed by atoms with Crippen molar-refractivity contribution in [1.29, 1.82) is 0 Å². The van der Waals surface area contributed by atoms with Crippen LogP contribution >= 0.6 is 35.0 Å². The largest absolute Gasteiger partial charge is 0.481 e. The van der Waals surface area contributed by atoms with Crippen LogP contribution in [-0.4, -0.2) is 11.1 Å². The third-order valence-corrected chi connectivity index (χ3v) is 4.62. The summed E-state index contributed by atoms with van der Waals surface area (Å²) < 4.78 is 0. The minimum absolute atomic E-state index is 0.0467. The quantitative estimate of drug-likeness (QED) is 0.793. The van der Waals surface area contributed by atoms with Crippen molar-refractivity contribution >= 4 is 40.9 Å². The lowest BCUT2D eigenvalue weighted by molar-refractivity contribution is -0.136. The molecule has 0 spiro atoms. The fourth-order valence-corrected chi connectivity index (χ4v) is 3.06. The summed E-state index contributed by atoms with van der Waals surface area (Å²) in [5, 5.41) is 9.86. The van der Waals surface area contributed by atoms with Crippen molar-refractivity contribution in [2.24, 2.45) is 0 Å². The molecule has 0 saturated carbocycles. The van der Waals surface area contributed by atoms with Crippen LogP contribution < -0.4 is 0 Å². The van der Waals surface area contributed by atoms with Gasteiger partial charge < -0.3 is 5.11 Å². The molecule has 104 valence electrons. The van der Waals surface area contributed by atoms with Gasteiger partial charge in [0.15, 0.2) is 0 Å². The van der Waals surface area contributed by atoms with Gasteiger partial charge in [-0.25, -0.2) is 0 Å². The van der Waals surface area contributed by atoms with Gasteiger partial charge in [-0.1, -0.05) is 47.5 Å². The lowest BCUT2D eigenvalue weighted by Crippen LogP contribution is -1.99. The van der Waals surface area contributed by atoms with Gasteiger partial charge in [0.1, 0.15) is 0 Å². The maximum absolute atomic E-state index is 10.6. The summed E-state index contributed by atoms with van der Waals surface area (Å²) in [6.07, 6.45) is 0.0467. The Morgan fingerprint density at radius 2 is 1.80 bits per heavy atom. The number of carboxylic acids is 1. The molecule has 2 rings (SSSR count). The molecule has 2 nitrogen and oxygen atoms in total. The lowest BCUT2D eigenvalue weighted by Gasteiger charge is -2.06. The van der Waals surface area contributed by atoms with E-state index in [9.17, 15) is 4.79 Å². The summed E-state index contributed by atoms with van der Waals surface area (Å²) in [5.74, 6) is -0.103. The third kappa shape index (κ3) is 4.17. The number of hydrogen-bond donors (Lipinski definition) is 1. The molecule has 2 aromatic rings. The van der Waals surface area contributed by atoms with E-state index >= 15 is 0 Å². The minimum Gasteiger partial charge on any atom is -0.481 e. The standard InChI is InChI=1S/C15H12Cl2O2S/c16-13-3-1-2-11(15(13)17)9-20-12-6-4-10(5-7-12)8-14(18)19/h1-7H,8-9H2,(H,18,19). The van der Waals surface area contributed by atoms with Gasteiger partial charge in [0.05, 0.1) is 16.5 Å². The number of thioether (sulfide) groups is 1. The summed E-state index contributed by atoms with van der Waals surface area (Å²) in [5.41, 5.74) is 1.78. The monoisotopic (exact) mass is 326 g/mol. The average Bonchev–Trinajstić information content (AvgIpc) is 2.41. The van der Waals surface area contributed by atoms with E-state index in [2.05, 4.69) is 0 Å². The molecule has 0 fully saturated rings. The predicted octanol–water partition coefficient (Wildman–Crippen LogP) is 4.91. The number of carboxylic acid groups (broad SMARTS) is 1. The number of aliphatic carboxylic acids is 1. The normalized spacial score (nSPS) is 10.5. The van der Waals surface area contributed by atoms with Gasteiger partial charge in [-0.05, 0) is 29.3 Å². The fraction of sp³-hybridized carbons (Fsp3) is 0.133. The second-order valence-electron chi connectivity index (χ2n) is 4.22. The number of rotatable bonds is 5. The van der Waals surface area contributed by atoms with Crippen LogP contribution in [0.4, 0.5) is 0 Å². The van der Waals surface area contributed by atoms with Gasteiger partial charge in [-0.3, -0.25) is 4.79 Å². The molecule has 0 saturated heterocycles. The van der Waals surface area contributed by atoms with Crippen LogP contribution in [0.5, 0.6) is 0 Å². The van der Waals surface area contributed by atoms with Crippen LogP contribution in [0, 0.1) is 0 Å². The topological polar surface area (TPSA) is 37.3 Å². The van der Waals surface area contributed by atoms with E-state index < -0.39 is 5.97 Å². The Kier molecular flexibility index (Phi) is 5.35. The Morgan fingerprint density at radius 1 is 1.10 bits per heavy atom. The van der Waals surface area contributed by atoms with Crippen LogP contribution in [0.2, 0.25) is 10.0 Å². The van der Waals surface area contributed by atoms with Gasteiger partial charge in [0.25, 0.3) is 0 Å². The highest BCUT2D eigenvalue weighted by Gasteiger charge is 2.05. The van der Waals surface area contributed by atoms with Crippen molar-refractivity contribution in [1.82, 2.24) is 0 Å². The van der Waals surface area contributed by atoms with Gasteiger partial charge in [-0.2, -0.15) is 0 Å². The van der Waals surface area contributed by atoms with E-state index in [0.29, 0.717) is 10.0 Å². The third-order valence-electron chi connectivity index (χ3n) is 2.70. The number of benzene rings is 2. The Morgan fingerprint density at radius 3 is 2.45 bits per heavy atom. The molecule has 0 radical (unpaired) electrons. The molecule has 20 heavy (non-hydrogen) atoms. The number of carbonyl (C=O) groups is 1. The Labute approximate surface area is 131 Å². The van der Waals surface area contributed by atoms with Crippen molar-refractivity contribution in [3.63, 3.8) is 0 Å². The second-order valence-corrected chi connectivity index (χ2v) is 6.05. The highest BCUT2D eigenvalue weighted by Crippen LogP contribution is 2.31. The van der Waals surface area contributed by atoms with Crippen molar-refractivity contribution in [3.05, 3.63) is 63.6 Å². The summed E-state index contributed by atoms with van der Waals surface area (Å²) in [6.45, 7) is 0. The van der Waals surface area contributed by atoms with E-state index in [4.69, 9.17) is 28.3 Å². The molecule has 0 bridgehead atoms. The van der Waals surface area contributed by atoms with E-state index in [1.807, 2.05) is 36.4 Å². The van der Waals surface area contributed by atoms with Crippen molar-refractivity contribution in [2.75, 3.05) is 0 Å². The summed E-state index contributed by atoms with van der Waals surface area (Å²) in [7, 11) is 0. The number of halogens is 2. The minimum atomic E-state index is -0.823. The Balaban J connectivity index is 2.00. The van der Waals surface area contributed by atoms with Crippen LogP contribution in [-0.2, 0) is 17.0 Å². The highest BCUT2D eigenvalue weighted by atomic mass is 35.5. The first-order valence-corrected chi connectivity index (χ1v) is 7.67. The molecule has 0 heterocycles. The molecule has 0 unspecified atom stereocenters. The van der Waals surface area contributed by atoms with Crippen molar-refractivity contribution in [3.8, 4) is 0 Å². The SMILES string of the molecule is O=C(O)Cc1ccc(SCc2cccc(Cl)c2Cl)cc1. The first kappa shape index (κ1) is 15.2. The van der Waals surface area contributed by atoms with Crippen LogP contribution in [0.1, 0.15) is 11.1 Å². The molecular weight excluding hydrogens is 315 g/mol. The highest BCUT2D eigenvalue weighted by molar-refractivity contribution is 7.98. The molecular formula is C15H12Cl2O2S. The van der Waals surface area contributed by atoms with Gasteiger partial charge in [-0.15, -0.1) is 11.8 Å². The average molecular weight is 327 g/mol. The van der Waals surface area contributed by atoms with Crippen molar-refractivity contribution < 1.29 is 9.90 Å². The van der Waals surface area contributed by atoms with Crippen LogP contribution in [0.25, 0.3) is 0 Å². The Hall–Kier alpha value is -1.16. The molecule has 5 heteroatoms. The summed E-state index contributed by atoms with van der Waals surface area (Å²) in [4.78, 5) is 11.7. The summed E-state index contributed by atoms with van der Waals surface area (Å²) in [6, 6.07) is 13.1. The first-order valence-electron chi connectivity index (χ1n) is 5.92. The zero-order valence-electron chi connectivity index (χ0n) is 10.5. The van der Waals surface area contributed by atoms with Gasteiger partial charge >= 0.3 is 5.97 Å². The molecule has 2 aromatic carbocycles. The van der Waals surface area contributed by atoms with Crippen LogP contribution in [0.3, 0.4) is 0 Å². The molecule has 0 aliphatic carbocycles. The maximum Gasteiger partial charge on any atom is 0.307 e. The van der Waals surface area contributed by atoms with E-state index in [1.54, 1.807) is 17.8 Å². The zero-order chi connectivity index (χ0) is 14.5. The fourth-order valence-electron chi connectivity index (χ4n) is 1.70. The Bertz CT molecular complexity index is 612. The van der Waals surface area contributed by atoms with Crippen molar-refractivity contribution in [2.45, 2.75) is 17.1 Å². The molecule has 0 atom stereocenters. The second kappa shape index (κ2) is 7.02. The van der Waals surface area contributed by atoms with E-state index in [-0.39, 0.29) is 6.42 Å². The van der Waals surface area contributed by atoms with Crippen LogP contribution in [0.15, 0.2) is 47.4 Å². The zero-order valence-corrected chi connectivity index (χ0v) is 12.8. The van der Waals surface area contributed by atoms with E-state index in [0.717, 1.165) is 21.8 Å². The molecule has 1 N–H and O–H groups in total. The van der Waals surface area contributed by atoms with Gasteiger partial charge in [0, 0.05) is 10.6 Å². The maximum atomic E-state index is 10.6.